The van der Waals surface area contributed by atoms with Crippen LogP contribution in [0, 0.1) is 5.82 Å². The molecule has 184 valence electrons. The molecule has 1 unspecified atom stereocenters. The number of ether oxygens (including phenoxy) is 1. The van der Waals surface area contributed by atoms with Gasteiger partial charge >= 0.3 is 5.97 Å². The van der Waals surface area contributed by atoms with E-state index in [0.717, 1.165) is 22.3 Å². The average molecular weight is 484 g/mol. The highest BCUT2D eigenvalue weighted by Gasteiger charge is 2.30. The van der Waals surface area contributed by atoms with E-state index in [-0.39, 0.29) is 12.5 Å². The number of hydrogen-bond donors (Lipinski definition) is 1. The Morgan fingerprint density at radius 1 is 0.889 bits per heavy atom. The van der Waals surface area contributed by atoms with Crippen LogP contribution in [0.15, 0.2) is 103 Å². The third kappa shape index (κ3) is 5.99. The summed E-state index contributed by atoms with van der Waals surface area (Å²) in [7, 11) is 1.60. The van der Waals surface area contributed by atoms with Crippen molar-refractivity contribution in [3.8, 4) is 16.9 Å². The fourth-order valence-electron chi connectivity index (χ4n) is 4.59. The minimum absolute atomic E-state index is 0.157. The van der Waals surface area contributed by atoms with Gasteiger partial charge < -0.3 is 9.84 Å². The summed E-state index contributed by atoms with van der Waals surface area (Å²) >= 11 is 0. The third-order valence-corrected chi connectivity index (χ3v) is 6.51. The highest BCUT2D eigenvalue weighted by atomic mass is 19.1. The van der Waals surface area contributed by atoms with Crippen LogP contribution in [0.1, 0.15) is 42.1 Å². The summed E-state index contributed by atoms with van der Waals surface area (Å²) in [6.45, 7) is 2.51. The molecule has 0 aliphatic rings. The molecule has 36 heavy (non-hydrogen) atoms. The van der Waals surface area contributed by atoms with E-state index in [4.69, 9.17) is 4.74 Å². The molecule has 2 atom stereocenters. The van der Waals surface area contributed by atoms with Crippen molar-refractivity contribution in [2.45, 2.75) is 32.0 Å². The van der Waals surface area contributed by atoms with Gasteiger partial charge in [0.2, 0.25) is 0 Å². The Kier molecular flexibility index (Phi) is 8.13. The van der Waals surface area contributed by atoms with E-state index < -0.39 is 17.8 Å². The molecule has 0 bridgehead atoms. The molecule has 0 aliphatic heterocycles. The Morgan fingerprint density at radius 2 is 1.56 bits per heavy atom. The normalized spacial score (nSPS) is 12.8. The zero-order valence-electron chi connectivity index (χ0n) is 20.5. The van der Waals surface area contributed by atoms with E-state index in [1.807, 2.05) is 91.9 Å². The Morgan fingerprint density at radius 3 is 2.22 bits per heavy atom. The molecular formula is C31H30FNO3. The zero-order chi connectivity index (χ0) is 25.5. The maximum atomic E-state index is 15.5. The minimum atomic E-state index is -0.982. The van der Waals surface area contributed by atoms with Gasteiger partial charge in [-0.1, -0.05) is 78.9 Å². The van der Waals surface area contributed by atoms with Crippen molar-refractivity contribution in [3.05, 3.63) is 126 Å². The smallest absolute Gasteiger partial charge is 0.305 e. The SMILES string of the molecule is COc1cccc(-c2ccc(F)c(C(CC(=O)O)N(Cc3ccccc3)[C@H](C)c3ccccc3)c2)c1. The number of hydrogen-bond acceptors (Lipinski definition) is 3. The highest BCUT2D eigenvalue weighted by molar-refractivity contribution is 5.69. The van der Waals surface area contributed by atoms with Crippen molar-refractivity contribution in [1.82, 2.24) is 4.90 Å². The van der Waals surface area contributed by atoms with Crippen LogP contribution in [0.2, 0.25) is 0 Å². The number of carboxylic acids is 1. The van der Waals surface area contributed by atoms with Crippen LogP contribution >= 0.6 is 0 Å². The van der Waals surface area contributed by atoms with Crippen LogP contribution in [0.3, 0.4) is 0 Å². The summed E-state index contributed by atoms with van der Waals surface area (Å²) in [6, 6.07) is 31.4. The molecular weight excluding hydrogens is 453 g/mol. The van der Waals surface area contributed by atoms with E-state index in [1.165, 1.54) is 6.07 Å². The molecule has 0 saturated carbocycles. The summed E-state index contributed by atoms with van der Waals surface area (Å²) < 4.78 is 20.8. The van der Waals surface area contributed by atoms with Gasteiger partial charge in [-0.2, -0.15) is 0 Å². The molecule has 0 aromatic heterocycles. The lowest BCUT2D eigenvalue weighted by molar-refractivity contribution is -0.138. The lowest BCUT2D eigenvalue weighted by Crippen LogP contribution is -2.33. The van der Waals surface area contributed by atoms with Crippen LogP contribution in [0.5, 0.6) is 5.75 Å². The molecule has 0 aliphatic carbocycles. The largest absolute Gasteiger partial charge is 0.497 e. The number of carbonyl (C=O) groups is 1. The van der Waals surface area contributed by atoms with Gasteiger partial charge in [-0.3, -0.25) is 9.69 Å². The molecule has 4 nitrogen and oxygen atoms in total. The van der Waals surface area contributed by atoms with Gasteiger partial charge in [0.1, 0.15) is 11.6 Å². The quantitative estimate of drug-likeness (QED) is 0.257. The van der Waals surface area contributed by atoms with E-state index in [0.29, 0.717) is 17.9 Å². The Bertz CT molecular complexity index is 1290. The summed E-state index contributed by atoms with van der Waals surface area (Å²) in [6.07, 6.45) is -0.234. The fourth-order valence-corrected chi connectivity index (χ4v) is 4.59. The summed E-state index contributed by atoms with van der Waals surface area (Å²) in [5.41, 5.74) is 4.09. The van der Waals surface area contributed by atoms with Crippen LogP contribution in [0.25, 0.3) is 11.1 Å². The molecule has 0 amide bonds. The lowest BCUT2D eigenvalue weighted by Gasteiger charge is -2.37. The molecule has 0 spiro atoms. The number of halogens is 1. The van der Waals surface area contributed by atoms with Crippen molar-refractivity contribution in [3.63, 3.8) is 0 Å². The molecule has 0 heterocycles. The first kappa shape index (κ1) is 25.1. The van der Waals surface area contributed by atoms with Crippen molar-refractivity contribution in [2.75, 3.05) is 7.11 Å². The molecule has 1 N–H and O–H groups in total. The highest BCUT2D eigenvalue weighted by Crippen LogP contribution is 2.37. The van der Waals surface area contributed by atoms with Crippen LogP contribution in [-0.2, 0) is 11.3 Å². The number of aliphatic carboxylic acids is 1. The second kappa shape index (κ2) is 11.6. The number of carboxylic acid groups (broad SMARTS) is 1. The summed E-state index contributed by atoms with van der Waals surface area (Å²) in [5.74, 6) is -0.709. The van der Waals surface area contributed by atoms with Gasteiger partial charge in [-0.05, 0) is 53.4 Å². The monoisotopic (exact) mass is 483 g/mol. The maximum Gasteiger partial charge on any atom is 0.305 e. The predicted octanol–water partition coefficient (Wildman–Crippen LogP) is 7.28. The fraction of sp³-hybridized carbons (Fsp3) is 0.194. The van der Waals surface area contributed by atoms with Gasteiger partial charge in [0.25, 0.3) is 0 Å². The lowest BCUT2D eigenvalue weighted by atomic mass is 9.93. The van der Waals surface area contributed by atoms with Gasteiger partial charge in [-0.25, -0.2) is 4.39 Å². The first-order valence-electron chi connectivity index (χ1n) is 12.0. The summed E-state index contributed by atoms with van der Waals surface area (Å²) in [5, 5.41) is 9.89. The van der Waals surface area contributed by atoms with E-state index in [9.17, 15) is 9.90 Å². The standard InChI is InChI=1S/C31H30FNO3/c1-22(24-12-7-4-8-13-24)33(21-23-10-5-3-6-11-23)30(20-31(34)35)28-19-26(16-17-29(28)32)25-14-9-15-27(18-25)36-2/h3-19,22,30H,20-21H2,1-2H3,(H,34,35)/t22-,30?/m1/s1. The zero-order valence-corrected chi connectivity index (χ0v) is 20.5. The van der Waals surface area contributed by atoms with Crippen LogP contribution < -0.4 is 4.74 Å². The van der Waals surface area contributed by atoms with Crippen LogP contribution in [0.4, 0.5) is 4.39 Å². The Hall–Kier alpha value is -3.96. The second-order valence-electron chi connectivity index (χ2n) is 8.83. The van der Waals surface area contributed by atoms with Gasteiger partial charge in [-0.15, -0.1) is 0 Å². The molecule has 4 rings (SSSR count). The second-order valence-corrected chi connectivity index (χ2v) is 8.83. The Labute approximate surface area is 211 Å². The summed E-state index contributed by atoms with van der Waals surface area (Å²) in [4.78, 5) is 14.2. The van der Waals surface area contributed by atoms with Gasteiger partial charge in [0.15, 0.2) is 0 Å². The molecule has 4 aromatic rings. The van der Waals surface area contributed by atoms with Crippen LogP contribution in [-0.4, -0.2) is 23.1 Å². The molecule has 0 fully saturated rings. The van der Waals surface area contributed by atoms with Crippen molar-refractivity contribution >= 4 is 5.97 Å². The van der Waals surface area contributed by atoms with Crippen molar-refractivity contribution < 1.29 is 19.0 Å². The van der Waals surface area contributed by atoms with Gasteiger partial charge in [0.05, 0.1) is 13.5 Å². The number of nitrogens with zero attached hydrogens (tertiary/aromatic N) is 1. The Balaban J connectivity index is 1.82. The number of methoxy groups -OCH3 is 1. The molecule has 4 aromatic carbocycles. The van der Waals surface area contributed by atoms with Gasteiger partial charge in [0, 0.05) is 24.2 Å². The number of rotatable bonds is 10. The minimum Gasteiger partial charge on any atom is -0.497 e. The maximum absolute atomic E-state index is 15.5. The van der Waals surface area contributed by atoms with E-state index >= 15 is 4.39 Å². The number of benzene rings is 4. The van der Waals surface area contributed by atoms with E-state index in [2.05, 4.69) is 4.90 Å². The van der Waals surface area contributed by atoms with Crippen molar-refractivity contribution in [1.29, 1.82) is 0 Å². The molecule has 5 heteroatoms. The first-order valence-corrected chi connectivity index (χ1v) is 12.0. The van der Waals surface area contributed by atoms with E-state index in [1.54, 1.807) is 19.2 Å². The first-order chi connectivity index (χ1) is 17.5. The third-order valence-electron chi connectivity index (χ3n) is 6.51. The predicted molar refractivity (Wildman–Crippen MR) is 140 cm³/mol. The molecule has 0 radical (unpaired) electrons. The molecule has 0 saturated heterocycles. The topological polar surface area (TPSA) is 49.8 Å². The average Bonchev–Trinajstić information content (AvgIpc) is 2.91. The van der Waals surface area contributed by atoms with Crippen molar-refractivity contribution in [2.24, 2.45) is 0 Å².